The molecular formula is C24H21NO4. The van der Waals surface area contributed by atoms with Gasteiger partial charge in [-0.3, -0.25) is 9.59 Å². The molecule has 0 saturated heterocycles. The van der Waals surface area contributed by atoms with Gasteiger partial charge in [0.25, 0.3) is 0 Å². The molecule has 4 aromatic rings. The summed E-state index contributed by atoms with van der Waals surface area (Å²) in [6.07, 6.45) is 2.48. The molecule has 2 aromatic heterocycles. The molecule has 0 unspecified atom stereocenters. The first-order valence-corrected chi connectivity index (χ1v) is 9.36. The number of esters is 2. The molecule has 0 spiro atoms. The predicted octanol–water partition coefficient (Wildman–Crippen LogP) is 5.13. The lowest BCUT2D eigenvalue weighted by Gasteiger charge is -2.13. The van der Waals surface area contributed by atoms with Gasteiger partial charge in [-0.2, -0.15) is 0 Å². The Hall–Kier alpha value is -3.60. The van der Waals surface area contributed by atoms with E-state index in [9.17, 15) is 9.59 Å². The van der Waals surface area contributed by atoms with E-state index in [0.29, 0.717) is 17.9 Å². The predicted molar refractivity (Wildman–Crippen MR) is 114 cm³/mol. The van der Waals surface area contributed by atoms with Crippen LogP contribution in [0.5, 0.6) is 11.5 Å². The fourth-order valence-corrected chi connectivity index (χ4v) is 3.94. The zero-order valence-electron chi connectivity index (χ0n) is 16.6. The van der Waals surface area contributed by atoms with Crippen molar-refractivity contribution in [2.24, 2.45) is 0 Å². The summed E-state index contributed by atoms with van der Waals surface area (Å²) >= 11 is 0. The smallest absolute Gasteiger partial charge is 0.308 e. The van der Waals surface area contributed by atoms with Crippen molar-refractivity contribution in [3.05, 3.63) is 66.4 Å². The molecule has 5 heteroatoms. The van der Waals surface area contributed by atoms with E-state index in [4.69, 9.17) is 9.47 Å². The number of carbonyl (C=O) groups is 2. The van der Waals surface area contributed by atoms with Gasteiger partial charge in [0.15, 0.2) is 0 Å². The minimum absolute atomic E-state index is 0.346. The molecule has 0 amide bonds. The van der Waals surface area contributed by atoms with Crippen molar-refractivity contribution in [2.75, 3.05) is 0 Å². The SMILES string of the molecule is C=CCc1cc(OC(C)=O)cc2cc(C)n3c4ccc(OC(C)=O)cc4cc3c12. The van der Waals surface area contributed by atoms with Gasteiger partial charge < -0.3 is 13.9 Å². The van der Waals surface area contributed by atoms with Gasteiger partial charge in [-0.15, -0.1) is 6.58 Å². The molecule has 0 saturated carbocycles. The number of hydrogen-bond donors (Lipinski definition) is 0. The van der Waals surface area contributed by atoms with Crippen LogP contribution in [0.15, 0.2) is 55.1 Å². The Morgan fingerprint density at radius 2 is 1.62 bits per heavy atom. The van der Waals surface area contributed by atoms with E-state index in [1.54, 1.807) is 6.07 Å². The molecule has 0 aliphatic heterocycles. The number of pyridine rings is 1. The molecule has 2 aromatic carbocycles. The molecular weight excluding hydrogens is 366 g/mol. The molecule has 4 rings (SSSR count). The van der Waals surface area contributed by atoms with E-state index in [1.165, 1.54) is 13.8 Å². The summed E-state index contributed by atoms with van der Waals surface area (Å²) < 4.78 is 12.8. The van der Waals surface area contributed by atoms with Crippen LogP contribution >= 0.6 is 0 Å². The lowest BCUT2D eigenvalue weighted by molar-refractivity contribution is -0.132. The second-order valence-electron chi connectivity index (χ2n) is 7.10. The summed E-state index contributed by atoms with van der Waals surface area (Å²) in [6.45, 7) is 8.69. The molecule has 0 atom stereocenters. The van der Waals surface area contributed by atoms with Crippen molar-refractivity contribution in [1.82, 2.24) is 4.40 Å². The number of carbonyl (C=O) groups excluding carboxylic acids is 2. The standard InChI is InChI=1S/C24H21NO4/c1-5-6-17-10-21(29-16(4)27)12-19-9-14(2)25-22-8-7-20(28-15(3)26)11-18(22)13-23(25)24(17)19/h5,7-13H,1,6H2,2-4H3. The third-order valence-corrected chi connectivity index (χ3v) is 4.86. The van der Waals surface area contributed by atoms with Crippen molar-refractivity contribution in [2.45, 2.75) is 27.2 Å². The molecule has 2 heterocycles. The second kappa shape index (κ2) is 7.09. The lowest BCUT2D eigenvalue weighted by Crippen LogP contribution is -2.03. The number of benzene rings is 2. The zero-order chi connectivity index (χ0) is 20.7. The van der Waals surface area contributed by atoms with E-state index in [-0.39, 0.29) is 11.9 Å². The normalized spacial score (nSPS) is 11.1. The maximum Gasteiger partial charge on any atom is 0.308 e. The average molecular weight is 387 g/mol. The van der Waals surface area contributed by atoms with Crippen LogP contribution in [0.1, 0.15) is 25.1 Å². The summed E-state index contributed by atoms with van der Waals surface area (Å²) in [4.78, 5) is 22.7. The van der Waals surface area contributed by atoms with Gasteiger partial charge in [0, 0.05) is 30.3 Å². The summed E-state index contributed by atoms with van der Waals surface area (Å²) in [5, 5.41) is 3.05. The quantitative estimate of drug-likeness (QED) is 0.277. The molecule has 0 bridgehead atoms. The van der Waals surface area contributed by atoms with Crippen LogP contribution < -0.4 is 9.47 Å². The van der Waals surface area contributed by atoms with Crippen LogP contribution in [0.2, 0.25) is 0 Å². The van der Waals surface area contributed by atoms with Crippen molar-refractivity contribution in [3.8, 4) is 11.5 Å². The number of hydrogen-bond acceptors (Lipinski definition) is 4. The van der Waals surface area contributed by atoms with E-state index < -0.39 is 0 Å². The van der Waals surface area contributed by atoms with Crippen LogP contribution in [0.4, 0.5) is 0 Å². The maximum atomic E-state index is 11.4. The summed E-state index contributed by atoms with van der Waals surface area (Å²) in [5.74, 6) is 0.351. The van der Waals surface area contributed by atoms with Gasteiger partial charge in [-0.1, -0.05) is 6.08 Å². The van der Waals surface area contributed by atoms with E-state index >= 15 is 0 Å². The first-order valence-electron chi connectivity index (χ1n) is 9.36. The Labute approximate surface area is 168 Å². The number of ether oxygens (including phenoxy) is 2. The molecule has 146 valence electrons. The number of nitrogens with zero attached hydrogens (tertiary/aromatic N) is 1. The highest BCUT2D eigenvalue weighted by Crippen LogP contribution is 2.35. The summed E-state index contributed by atoms with van der Waals surface area (Å²) in [7, 11) is 0. The third kappa shape index (κ3) is 3.36. The van der Waals surface area contributed by atoms with Gasteiger partial charge in [-0.05, 0) is 66.8 Å². The van der Waals surface area contributed by atoms with Crippen molar-refractivity contribution < 1.29 is 19.1 Å². The highest BCUT2D eigenvalue weighted by Gasteiger charge is 2.15. The number of allylic oxidation sites excluding steroid dienone is 1. The number of rotatable bonds is 4. The van der Waals surface area contributed by atoms with Gasteiger partial charge in [0.05, 0.1) is 11.0 Å². The summed E-state index contributed by atoms with van der Waals surface area (Å²) in [6, 6.07) is 13.6. The minimum atomic E-state index is -0.349. The fourth-order valence-electron chi connectivity index (χ4n) is 3.94. The topological polar surface area (TPSA) is 57.0 Å². The summed E-state index contributed by atoms with van der Waals surface area (Å²) in [5.41, 5.74) is 4.15. The van der Waals surface area contributed by atoms with Crippen LogP contribution in [0.3, 0.4) is 0 Å². The Morgan fingerprint density at radius 1 is 0.931 bits per heavy atom. The molecule has 0 aliphatic rings. The number of aryl methyl sites for hydroxylation is 1. The second-order valence-corrected chi connectivity index (χ2v) is 7.10. The lowest BCUT2D eigenvalue weighted by atomic mass is 10.0. The van der Waals surface area contributed by atoms with Crippen LogP contribution in [-0.2, 0) is 16.0 Å². The van der Waals surface area contributed by atoms with Crippen molar-refractivity contribution in [3.63, 3.8) is 0 Å². The molecule has 0 N–H and O–H groups in total. The van der Waals surface area contributed by atoms with Crippen molar-refractivity contribution in [1.29, 1.82) is 0 Å². The monoisotopic (exact) mass is 387 g/mol. The number of aromatic nitrogens is 1. The van der Waals surface area contributed by atoms with Gasteiger partial charge >= 0.3 is 11.9 Å². The highest BCUT2D eigenvalue weighted by molar-refractivity contribution is 6.05. The van der Waals surface area contributed by atoms with Crippen LogP contribution in [-0.4, -0.2) is 16.3 Å². The minimum Gasteiger partial charge on any atom is -0.427 e. The number of fused-ring (bicyclic) bond motifs is 5. The Bertz CT molecular complexity index is 1310. The molecule has 0 fully saturated rings. The highest BCUT2D eigenvalue weighted by atomic mass is 16.5. The van der Waals surface area contributed by atoms with Gasteiger partial charge in [0.1, 0.15) is 11.5 Å². The fraction of sp³-hybridized carbons (Fsp3) is 0.167. The average Bonchev–Trinajstić information content (AvgIpc) is 2.99. The van der Waals surface area contributed by atoms with Crippen LogP contribution in [0.25, 0.3) is 27.2 Å². The van der Waals surface area contributed by atoms with E-state index in [2.05, 4.69) is 23.1 Å². The third-order valence-electron chi connectivity index (χ3n) is 4.86. The first kappa shape index (κ1) is 18.7. The molecule has 0 aliphatic carbocycles. The Balaban J connectivity index is 2.05. The molecule has 5 nitrogen and oxygen atoms in total. The maximum absolute atomic E-state index is 11.4. The Morgan fingerprint density at radius 3 is 2.31 bits per heavy atom. The van der Waals surface area contributed by atoms with E-state index in [0.717, 1.165) is 38.4 Å². The van der Waals surface area contributed by atoms with E-state index in [1.807, 2.05) is 37.3 Å². The largest absolute Gasteiger partial charge is 0.427 e. The first-order chi connectivity index (χ1) is 13.9. The molecule has 0 radical (unpaired) electrons. The van der Waals surface area contributed by atoms with Crippen molar-refractivity contribution >= 4 is 39.1 Å². The zero-order valence-corrected chi connectivity index (χ0v) is 16.6. The van der Waals surface area contributed by atoms with Gasteiger partial charge in [-0.25, -0.2) is 0 Å². The Kier molecular flexibility index (Phi) is 4.59. The van der Waals surface area contributed by atoms with Crippen LogP contribution in [0, 0.1) is 6.92 Å². The molecule has 29 heavy (non-hydrogen) atoms. The van der Waals surface area contributed by atoms with Gasteiger partial charge in [0.2, 0.25) is 0 Å².